The van der Waals surface area contributed by atoms with E-state index in [1.807, 2.05) is 12.3 Å². The van der Waals surface area contributed by atoms with Crippen LogP contribution < -0.4 is 5.32 Å². The molecule has 0 atom stereocenters. The topological polar surface area (TPSA) is 29.9 Å². The average Bonchev–Trinajstić information content (AvgIpc) is 2.74. The number of para-hydroxylation sites is 1. The molecule has 0 saturated heterocycles. The van der Waals surface area contributed by atoms with Crippen LogP contribution in [0.15, 0.2) is 30.5 Å². The Bertz CT molecular complexity index is 519. The lowest BCUT2D eigenvalue weighted by Gasteiger charge is -2.16. The molecule has 1 aromatic heterocycles. The molecule has 2 aromatic rings. The molecule has 0 amide bonds. The maximum atomic E-state index is 13.6. The van der Waals surface area contributed by atoms with Crippen LogP contribution in [0.25, 0.3) is 5.69 Å². The van der Waals surface area contributed by atoms with E-state index in [0.29, 0.717) is 5.69 Å². The van der Waals surface area contributed by atoms with Gasteiger partial charge in [0.25, 0.3) is 0 Å². The zero-order valence-electron chi connectivity index (χ0n) is 8.78. The fourth-order valence-electron chi connectivity index (χ4n) is 2.05. The second kappa shape index (κ2) is 3.63. The van der Waals surface area contributed by atoms with Gasteiger partial charge in [-0.25, -0.2) is 9.07 Å². The first-order valence-electron chi connectivity index (χ1n) is 5.42. The highest BCUT2D eigenvalue weighted by molar-refractivity contribution is 5.52. The van der Waals surface area contributed by atoms with Crippen LogP contribution in [0.5, 0.6) is 0 Å². The van der Waals surface area contributed by atoms with Crippen LogP contribution in [0, 0.1) is 5.82 Å². The van der Waals surface area contributed by atoms with Crippen LogP contribution in [0.1, 0.15) is 12.0 Å². The summed E-state index contributed by atoms with van der Waals surface area (Å²) in [7, 11) is 0. The molecule has 16 heavy (non-hydrogen) atoms. The summed E-state index contributed by atoms with van der Waals surface area (Å²) in [4.78, 5) is 0. The summed E-state index contributed by atoms with van der Waals surface area (Å²) in [5.74, 6) is 0.678. The molecule has 2 heterocycles. The minimum atomic E-state index is -0.249. The summed E-state index contributed by atoms with van der Waals surface area (Å²) >= 11 is 0. The molecule has 3 nitrogen and oxygen atoms in total. The highest BCUT2D eigenvalue weighted by atomic mass is 19.1. The number of hydrogen-bond donors (Lipinski definition) is 1. The van der Waals surface area contributed by atoms with E-state index in [1.54, 1.807) is 16.8 Å². The van der Waals surface area contributed by atoms with Gasteiger partial charge in [-0.2, -0.15) is 5.10 Å². The molecule has 0 aliphatic carbocycles. The Labute approximate surface area is 92.9 Å². The highest BCUT2D eigenvalue weighted by Crippen LogP contribution is 2.25. The van der Waals surface area contributed by atoms with Gasteiger partial charge in [-0.3, -0.25) is 0 Å². The van der Waals surface area contributed by atoms with Crippen molar-refractivity contribution >= 4 is 5.82 Å². The summed E-state index contributed by atoms with van der Waals surface area (Å²) in [5.41, 5.74) is 1.66. The molecule has 1 aromatic carbocycles. The van der Waals surface area contributed by atoms with E-state index in [0.717, 1.165) is 30.8 Å². The molecule has 82 valence electrons. The van der Waals surface area contributed by atoms with Crippen LogP contribution in [0.2, 0.25) is 0 Å². The molecular formula is C12H12FN3. The van der Waals surface area contributed by atoms with Crippen molar-refractivity contribution in [2.75, 3.05) is 11.9 Å². The summed E-state index contributed by atoms with van der Waals surface area (Å²) in [6.45, 7) is 0.924. The van der Waals surface area contributed by atoms with Gasteiger partial charge in [0.05, 0.1) is 6.20 Å². The number of anilines is 1. The largest absolute Gasteiger partial charge is 0.370 e. The minimum absolute atomic E-state index is 0.249. The molecule has 0 spiro atoms. The number of rotatable bonds is 1. The number of halogens is 1. The van der Waals surface area contributed by atoms with E-state index in [9.17, 15) is 4.39 Å². The molecule has 0 saturated carbocycles. The quantitative estimate of drug-likeness (QED) is 0.794. The highest BCUT2D eigenvalue weighted by Gasteiger charge is 2.16. The third kappa shape index (κ3) is 1.38. The molecule has 0 radical (unpaired) electrons. The Morgan fingerprint density at radius 1 is 1.31 bits per heavy atom. The predicted molar refractivity (Wildman–Crippen MR) is 60.3 cm³/mol. The van der Waals surface area contributed by atoms with E-state index < -0.39 is 0 Å². The van der Waals surface area contributed by atoms with Crippen molar-refractivity contribution in [1.29, 1.82) is 0 Å². The maximum absolute atomic E-state index is 13.6. The first-order valence-corrected chi connectivity index (χ1v) is 5.42. The zero-order chi connectivity index (χ0) is 11.0. The van der Waals surface area contributed by atoms with E-state index in [2.05, 4.69) is 10.4 Å². The van der Waals surface area contributed by atoms with Gasteiger partial charge < -0.3 is 5.32 Å². The maximum Gasteiger partial charge on any atom is 0.148 e. The van der Waals surface area contributed by atoms with E-state index >= 15 is 0 Å². The fourth-order valence-corrected chi connectivity index (χ4v) is 2.05. The lowest BCUT2D eigenvalue weighted by Crippen LogP contribution is -2.14. The van der Waals surface area contributed by atoms with Crippen molar-refractivity contribution in [1.82, 2.24) is 9.78 Å². The summed E-state index contributed by atoms with van der Waals surface area (Å²) in [5, 5.41) is 7.51. The zero-order valence-corrected chi connectivity index (χ0v) is 8.78. The monoisotopic (exact) mass is 217 g/mol. The Balaban J connectivity index is 2.13. The fraction of sp³-hybridized carbons (Fsp3) is 0.250. The van der Waals surface area contributed by atoms with Crippen LogP contribution in [0.3, 0.4) is 0 Å². The number of aromatic nitrogens is 2. The molecule has 1 aliphatic heterocycles. The molecule has 1 N–H and O–H groups in total. The van der Waals surface area contributed by atoms with Gasteiger partial charge in [0.1, 0.15) is 17.3 Å². The Morgan fingerprint density at radius 2 is 2.19 bits per heavy atom. The lowest BCUT2D eigenvalue weighted by atomic mass is 10.1. The van der Waals surface area contributed by atoms with Gasteiger partial charge in [-0.15, -0.1) is 0 Å². The van der Waals surface area contributed by atoms with Crippen molar-refractivity contribution in [3.05, 3.63) is 41.8 Å². The summed E-state index contributed by atoms with van der Waals surface area (Å²) < 4.78 is 15.3. The number of nitrogens with one attached hydrogen (secondary N) is 1. The molecule has 1 aliphatic rings. The average molecular weight is 217 g/mol. The van der Waals surface area contributed by atoms with Gasteiger partial charge in [0, 0.05) is 12.1 Å². The van der Waals surface area contributed by atoms with Gasteiger partial charge in [-0.05, 0) is 25.0 Å². The van der Waals surface area contributed by atoms with Crippen LogP contribution in [-0.2, 0) is 6.42 Å². The van der Waals surface area contributed by atoms with Crippen LogP contribution >= 0.6 is 0 Å². The number of nitrogens with zero attached hydrogens (tertiary/aromatic N) is 2. The van der Waals surface area contributed by atoms with Crippen molar-refractivity contribution in [3.63, 3.8) is 0 Å². The Hall–Kier alpha value is -1.84. The lowest BCUT2D eigenvalue weighted by molar-refractivity contribution is 0.611. The van der Waals surface area contributed by atoms with Gasteiger partial charge >= 0.3 is 0 Å². The smallest absolute Gasteiger partial charge is 0.148 e. The van der Waals surface area contributed by atoms with Crippen LogP contribution in [0.4, 0.5) is 10.2 Å². The molecular weight excluding hydrogens is 205 g/mol. The molecule has 0 fully saturated rings. The molecule has 0 bridgehead atoms. The van der Waals surface area contributed by atoms with E-state index in [-0.39, 0.29) is 5.82 Å². The minimum Gasteiger partial charge on any atom is -0.370 e. The van der Waals surface area contributed by atoms with Crippen molar-refractivity contribution in [2.45, 2.75) is 12.8 Å². The van der Waals surface area contributed by atoms with Gasteiger partial charge in [0.2, 0.25) is 0 Å². The first-order chi connectivity index (χ1) is 7.86. The van der Waals surface area contributed by atoms with Crippen molar-refractivity contribution < 1.29 is 4.39 Å². The first kappa shape index (κ1) is 9.39. The SMILES string of the molecule is Fc1ccccc1-n1ncc2c1NCCC2. The predicted octanol–water partition coefficient (Wildman–Crippen LogP) is 2.37. The van der Waals surface area contributed by atoms with Gasteiger partial charge in [0.15, 0.2) is 0 Å². The summed E-state index contributed by atoms with van der Waals surface area (Å²) in [6, 6.07) is 6.68. The normalized spacial score (nSPS) is 14.3. The van der Waals surface area contributed by atoms with Crippen molar-refractivity contribution in [2.24, 2.45) is 0 Å². The Morgan fingerprint density at radius 3 is 3.06 bits per heavy atom. The van der Waals surface area contributed by atoms with E-state index in [4.69, 9.17) is 0 Å². The number of aryl methyl sites for hydroxylation is 1. The standard InChI is InChI=1S/C12H12FN3/c13-10-5-1-2-6-11(10)16-12-9(8-15-16)4-3-7-14-12/h1-2,5-6,8,14H,3-4,7H2. The Kier molecular flexibility index (Phi) is 2.13. The third-order valence-electron chi connectivity index (χ3n) is 2.84. The van der Waals surface area contributed by atoms with Crippen LogP contribution in [-0.4, -0.2) is 16.3 Å². The number of fused-ring (bicyclic) bond motifs is 1. The van der Waals surface area contributed by atoms with E-state index in [1.165, 1.54) is 6.07 Å². The third-order valence-corrected chi connectivity index (χ3v) is 2.84. The molecule has 0 unspecified atom stereocenters. The molecule has 3 rings (SSSR count). The number of hydrogen-bond acceptors (Lipinski definition) is 2. The number of benzene rings is 1. The second-order valence-corrected chi connectivity index (χ2v) is 3.91. The molecule has 4 heteroatoms. The second-order valence-electron chi connectivity index (χ2n) is 3.91. The van der Waals surface area contributed by atoms with Gasteiger partial charge in [-0.1, -0.05) is 12.1 Å². The summed E-state index contributed by atoms with van der Waals surface area (Å²) in [6.07, 6.45) is 3.93. The van der Waals surface area contributed by atoms with Crippen molar-refractivity contribution in [3.8, 4) is 5.69 Å².